The summed E-state index contributed by atoms with van der Waals surface area (Å²) >= 11 is 0. The largest absolute Gasteiger partial charge is 0.356 e. The van der Waals surface area contributed by atoms with Gasteiger partial charge >= 0.3 is 0 Å². The summed E-state index contributed by atoms with van der Waals surface area (Å²) in [5, 5.41) is 3.47. The fourth-order valence-electron chi connectivity index (χ4n) is 2.09. The highest BCUT2D eigenvalue weighted by Crippen LogP contribution is 2.22. The number of nitrogens with zero attached hydrogens (tertiary/aromatic N) is 2. The second-order valence-corrected chi connectivity index (χ2v) is 5.57. The molecule has 1 fully saturated rings. The molecule has 0 aromatic rings. The van der Waals surface area contributed by atoms with Gasteiger partial charge in [0.15, 0.2) is 5.96 Å². The summed E-state index contributed by atoms with van der Waals surface area (Å²) in [5.74, 6) is 1.14. The van der Waals surface area contributed by atoms with Crippen LogP contribution in [0.25, 0.3) is 0 Å². The molecule has 0 amide bonds. The van der Waals surface area contributed by atoms with E-state index >= 15 is 0 Å². The highest BCUT2D eigenvalue weighted by molar-refractivity contribution is 14.0. The lowest BCUT2D eigenvalue weighted by Crippen LogP contribution is -2.42. The minimum atomic E-state index is 0. The van der Waals surface area contributed by atoms with Crippen LogP contribution in [0.15, 0.2) is 4.99 Å². The van der Waals surface area contributed by atoms with Gasteiger partial charge < -0.3 is 10.2 Å². The first kappa shape index (κ1) is 13.1. The summed E-state index contributed by atoms with van der Waals surface area (Å²) < 4.78 is 0. The van der Waals surface area contributed by atoms with Crippen LogP contribution in [0.5, 0.6) is 0 Å². The van der Waals surface area contributed by atoms with Crippen molar-refractivity contribution in [1.82, 2.24) is 10.2 Å². The number of halogens is 1. The van der Waals surface area contributed by atoms with Gasteiger partial charge in [0.2, 0.25) is 0 Å². The molecular formula is C11H22IN3. The second kappa shape index (κ2) is 4.89. The van der Waals surface area contributed by atoms with Crippen LogP contribution in [0, 0.1) is 5.41 Å². The number of aliphatic imine (C=N–C) groups is 1. The maximum atomic E-state index is 4.55. The van der Waals surface area contributed by atoms with E-state index in [0.717, 1.165) is 19.0 Å². The summed E-state index contributed by atoms with van der Waals surface area (Å²) in [6, 6.07) is 0.706. The van der Waals surface area contributed by atoms with Crippen molar-refractivity contribution in [1.29, 1.82) is 0 Å². The molecule has 1 N–H and O–H groups in total. The van der Waals surface area contributed by atoms with Gasteiger partial charge in [0.1, 0.15) is 0 Å². The van der Waals surface area contributed by atoms with Crippen LogP contribution in [0.4, 0.5) is 0 Å². The first-order valence-electron chi connectivity index (χ1n) is 5.61. The van der Waals surface area contributed by atoms with E-state index in [1.807, 2.05) is 0 Å². The van der Waals surface area contributed by atoms with E-state index < -0.39 is 0 Å². The summed E-state index contributed by atoms with van der Waals surface area (Å²) in [6.07, 6.45) is 2.66. The highest BCUT2D eigenvalue weighted by Gasteiger charge is 2.31. The maximum absolute atomic E-state index is 4.55. The quantitative estimate of drug-likeness (QED) is 0.748. The molecule has 0 bridgehead atoms. The molecule has 0 aromatic heterocycles. The standard InChI is InChI=1S/C11H21N3.HI/c1-11(2,3)8-13-10-12-7-9-5-4-6-14(9)10;/h9H,4-8H2,1-3H3,(H,12,13);1H/t9-;/m1./s1. The predicted molar refractivity (Wildman–Crippen MR) is 74.9 cm³/mol. The van der Waals surface area contributed by atoms with E-state index in [-0.39, 0.29) is 24.0 Å². The molecule has 0 aromatic carbocycles. The smallest absolute Gasteiger partial charge is 0.194 e. The number of nitrogens with one attached hydrogen (secondary N) is 1. The van der Waals surface area contributed by atoms with E-state index in [1.54, 1.807) is 0 Å². The fraction of sp³-hybridized carbons (Fsp3) is 0.909. The van der Waals surface area contributed by atoms with Gasteiger partial charge in [-0.05, 0) is 18.3 Å². The molecule has 1 atom stereocenters. The fourth-order valence-corrected chi connectivity index (χ4v) is 2.09. The van der Waals surface area contributed by atoms with Crippen molar-refractivity contribution in [2.45, 2.75) is 39.7 Å². The third-order valence-electron chi connectivity index (χ3n) is 2.88. The van der Waals surface area contributed by atoms with Gasteiger partial charge in [-0.2, -0.15) is 0 Å². The summed E-state index contributed by atoms with van der Waals surface area (Å²) in [6.45, 7) is 9.95. The van der Waals surface area contributed by atoms with Crippen molar-refractivity contribution < 1.29 is 0 Å². The van der Waals surface area contributed by atoms with Crippen molar-refractivity contribution in [2.24, 2.45) is 10.4 Å². The van der Waals surface area contributed by atoms with Crippen molar-refractivity contribution in [2.75, 3.05) is 19.6 Å². The van der Waals surface area contributed by atoms with Crippen LogP contribution >= 0.6 is 24.0 Å². The predicted octanol–water partition coefficient (Wildman–Crippen LogP) is 2.07. The molecule has 3 nitrogen and oxygen atoms in total. The Hall–Kier alpha value is 0. The Bertz CT molecular complexity index is 245. The Morgan fingerprint density at radius 1 is 1.47 bits per heavy atom. The third-order valence-corrected chi connectivity index (χ3v) is 2.88. The first-order chi connectivity index (χ1) is 6.56. The highest BCUT2D eigenvalue weighted by atomic mass is 127. The van der Waals surface area contributed by atoms with E-state index in [9.17, 15) is 0 Å². The normalized spacial score (nSPS) is 24.6. The summed E-state index contributed by atoms with van der Waals surface area (Å²) in [7, 11) is 0. The van der Waals surface area contributed by atoms with Gasteiger partial charge in [0.25, 0.3) is 0 Å². The lowest BCUT2D eigenvalue weighted by atomic mass is 9.97. The number of rotatable bonds is 1. The average molecular weight is 323 g/mol. The van der Waals surface area contributed by atoms with Crippen molar-refractivity contribution >= 4 is 29.9 Å². The molecule has 0 saturated carbocycles. The van der Waals surface area contributed by atoms with Crippen molar-refractivity contribution in [3.05, 3.63) is 0 Å². The van der Waals surface area contributed by atoms with Crippen LogP contribution in [-0.2, 0) is 0 Å². The molecule has 1 saturated heterocycles. The van der Waals surface area contributed by atoms with Gasteiger partial charge in [-0.25, -0.2) is 0 Å². The lowest BCUT2D eigenvalue weighted by molar-refractivity contribution is 0.379. The SMILES string of the molecule is CC(C)(C)CNC1=NC[C@H]2CCCN12.I. The molecule has 0 spiro atoms. The Kier molecular flexibility index (Phi) is 4.26. The molecule has 88 valence electrons. The molecule has 0 unspecified atom stereocenters. The maximum Gasteiger partial charge on any atom is 0.194 e. The zero-order valence-corrected chi connectivity index (χ0v) is 12.2. The van der Waals surface area contributed by atoms with Crippen LogP contribution in [0.3, 0.4) is 0 Å². The van der Waals surface area contributed by atoms with Gasteiger partial charge in [-0.3, -0.25) is 4.99 Å². The molecule has 0 radical (unpaired) electrons. The van der Waals surface area contributed by atoms with Crippen molar-refractivity contribution in [3.63, 3.8) is 0 Å². The minimum absolute atomic E-state index is 0. The van der Waals surface area contributed by atoms with E-state index in [4.69, 9.17) is 0 Å². The second-order valence-electron chi connectivity index (χ2n) is 5.57. The number of fused-ring (bicyclic) bond motifs is 1. The van der Waals surface area contributed by atoms with Crippen molar-refractivity contribution in [3.8, 4) is 0 Å². The molecule has 2 heterocycles. The van der Waals surface area contributed by atoms with Crippen LogP contribution < -0.4 is 5.32 Å². The minimum Gasteiger partial charge on any atom is -0.356 e. The zero-order valence-electron chi connectivity index (χ0n) is 9.92. The Morgan fingerprint density at radius 2 is 2.20 bits per heavy atom. The topological polar surface area (TPSA) is 27.6 Å². The average Bonchev–Trinajstić information content (AvgIpc) is 2.59. The molecule has 4 heteroatoms. The molecule has 2 aliphatic rings. The van der Waals surface area contributed by atoms with Crippen LogP contribution in [0.1, 0.15) is 33.6 Å². The summed E-state index contributed by atoms with van der Waals surface area (Å²) in [4.78, 5) is 6.99. The zero-order chi connectivity index (χ0) is 10.2. The summed E-state index contributed by atoms with van der Waals surface area (Å²) in [5.41, 5.74) is 0.334. The molecule has 0 aliphatic carbocycles. The number of guanidine groups is 1. The van der Waals surface area contributed by atoms with Gasteiger partial charge in [-0.1, -0.05) is 20.8 Å². The van der Waals surface area contributed by atoms with Gasteiger partial charge in [0, 0.05) is 13.1 Å². The lowest BCUT2D eigenvalue weighted by Gasteiger charge is -2.24. The third kappa shape index (κ3) is 3.23. The van der Waals surface area contributed by atoms with Crippen LogP contribution in [0.2, 0.25) is 0 Å². The monoisotopic (exact) mass is 323 g/mol. The Balaban J connectivity index is 0.00000112. The number of hydrogen-bond acceptors (Lipinski definition) is 3. The van der Waals surface area contributed by atoms with E-state index in [0.29, 0.717) is 11.5 Å². The molecule has 2 aliphatic heterocycles. The first-order valence-corrected chi connectivity index (χ1v) is 5.61. The molecular weight excluding hydrogens is 301 g/mol. The Labute approximate surface area is 110 Å². The van der Waals surface area contributed by atoms with Gasteiger partial charge in [0.05, 0.1) is 12.6 Å². The molecule has 15 heavy (non-hydrogen) atoms. The number of hydrogen-bond donors (Lipinski definition) is 1. The van der Waals surface area contributed by atoms with E-state index in [1.165, 1.54) is 19.4 Å². The Morgan fingerprint density at radius 3 is 2.87 bits per heavy atom. The van der Waals surface area contributed by atoms with Crippen LogP contribution in [-0.4, -0.2) is 36.5 Å². The van der Waals surface area contributed by atoms with E-state index in [2.05, 4.69) is 36.0 Å². The molecule has 2 rings (SSSR count). The van der Waals surface area contributed by atoms with Gasteiger partial charge in [-0.15, -0.1) is 24.0 Å².